The lowest BCUT2D eigenvalue weighted by atomic mass is 10.1. The Kier molecular flexibility index (Phi) is 4.49. The minimum atomic E-state index is -1.14. The number of guanidine groups is 1. The molecule has 0 atom stereocenters. The molecule has 1 aromatic heterocycles. The molecule has 100 valence electrons. The van der Waals surface area contributed by atoms with Crippen LogP contribution in [0.4, 0.5) is 5.69 Å². The van der Waals surface area contributed by atoms with Gasteiger partial charge in [-0.3, -0.25) is 5.41 Å². The molecule has 0 radical (unpaired) electrons. The number of nitrogens with zero attached hydrogens (tertiary/aromatic N) is 1. The molecular weight excluding hydrogens is 272 g/mol. The summed E-state index contributed by atoms with van der Waals surface area (Å²) in [7, 11) is 0. The molecule has 1 aromatic carbocycles. The van der Waals surface area contributed by atoms with Crippen LogP contribution in [0, 0.1) is 5.41 Å². The zero-order valence-electron chi connectivity index (χ0n) is 9.58. The van der Waals surface area contributed by atoms with Crippen molar-refractivity contribution in [3.63, 3.8) is 0 Å². The van der Waals surface area contributed by atoms with Crippen molar-refractivity contribution in [3.05, 3.63) is 36.0 Å². The van der Waals surface area contributed by atoms with Crippen molar-refractivity contribution in [2.45, 2.75) is 0 Å². The van der Waals surface area contributed by atoms with Crippen LogP contribution < -0.4 is 11.1 Å². The molecule has 0 aliphatic carbocycles. The van der Waals surface area contributed by atoms with E-state index in [1.165, 1.54) is 6.07 Å². The Morgan fingerprint density at radius 3 is 2.47 bits per heavy atom. The summed E-state index contributed by atoms with van der Waals surface area (Å²) in [5, 5.41) is 21.8. The molecule has 0 saturated carbocycles. The molecule has 0 saturated heterocycles. The van der Waals surface area contributed by atoms with Crippen LogP contribution in [0.1, 0.15) is 10.5 Å². The number of carboxylic acid groups (broad SMARTS) is 1. The molecule has 0 spiro atoms. The molecule has 0 aliphatic rings. The minimum absolute atomic E-state index is 0. The number of carbonyl (C=O) groups is 1. The Hall–Kier alpha value is -2.54. The van der Waals surface area contributed by atoms with E-state index < -0.39 is 5.97 Å². The van der Waals surface area contributed by atoms with Gasteiger partial charge in [-0.25, -0.2) is 4.79 Å². The van der Waals surface area contributed by atoms with E-state index >= 15 is 0 Å². The summed E-state index contributed by atoms with van der Waals surface area (Å²) in [4.78, 5) is 10.7. The largest absolute Gasteiger partial charge is 0.476 e. The van der Waals surface area contributed by atoms with Gasteiger partial charge in [-0.2, -0.15) is 0 Å². The number of aromatic carboxylic acids is 1. The number of hydrogen-bond acceptors (Lipinski definition) is 4. The maximum absolute atomic E-state index is 10.7. The molecule has 2 rings (SSSR count). The highest BCUT2D eigenvalue weighted by Crippen LogP contribution is 2.22. The Balaban J connectivity index is 0.00000180. The van der Waals surface area contributed by atoms with Gasteiger partial charge in [-0.1, -0.05) is 5.16 Å². The number of benzene rings is 1. The highest BCUT2D eigenvalue weighted by atomic mass is 35.5. The average molecular weight is 283 g/mol. The fourth-order valence-electron chi connectivity index (χ4n) is 1.39. The molecule has 0 fully saturated rings. The van der Waals surface area contributed by atoms with Gasteiger partial charge < -0.3 is 20.7 Å². The van der Waals surface area contributed by atoms with Gasteiger partial charge in [-0.15, -0.1) is 12.4 Å². The monoisotopic (exact) mass is 282 g/mol. The van der Waals surface area contributed by atoms with Gasteiger partial charge in [0.2, 0.25) is 0 Å². The molecule has 0 bridgehead atoms. The average Bonchev–Trinajstić information content (AvgIpc) is 2.78. The van der Waals surface area contributed by atoms with Gasteiger partial charge in [-0.05, 0) is 24.3 Å². The lowest BCUT2D eigenvalue weighted by molar-refractivity contribution is 0.0686. The van der Waals surface area contributed by atoms with E-state index in [9.17, 15) is 4.79 Å². The molecule has 5 N–H and O–H groups in total. The summed E-state index contributed by atoms with van der Waals surface area (Å²) in [6.07, 6.45) is 0. The number of carboxylic acids is 1. The zero-order chi connectivity index (χ0) is 13.1. The second-order valence-electron chi connectivity index (χ2n) is 3.50. The first kappa shape index (κ1) is 14.5. The minimum Gasteiger partial charge on any atom is -0.476 e. The van der Waals surface area contributed by atoms with Crippen LogP contribution in [-0.2, 0) is 0 Å². The highest BCUT2D eigenvalue weighted by molar-refractivity contribution is 5.90. The molecule has 19 heavy (non-hydrogen) atoms. The SMILES string of the molecule is Cl.N=C(N)Nc1ccc(-c2cc(C(=O)O)no2)cc1. The number of halogens is 1. The Labute approximate surface area is 114 Å². The maximum Gasteiger partial charge on any atom is 0.358 e. The van der Waals surface area contributed by atoms with E-state index in [-0.39, 0.29) is 24.1 Å². The van der Waals surface area contributed by atoms with Crippen molar-refractivity contribution in [1.82, 2.24) is 5.16 Å². The lowest BCUT2D eigenvalue weighted by Crippen LogP contribution is -2.20. The number of hydrogen-bond donors (Lipinski definition) is 4. The highest BCUT2D eigenvalue weighted by Gasteiger charge is 2.11. The van der Waals surface area contributed by atoms with Gasteiger partial charge in [0.05, 0.1) is 0 Å². The molecule has 0 amide bonds. The maximum atomic E-state index is 10.7. The van der Waals surface area contributed by atoms with Crippen LogP contribution in [0.2, 0.25) is 0 Å². The molecule has 8 heteroatoms. The molecular formula is C11H11ClN4O3. The van der Waals surface area contributed by atoms with Crippen molar-refractivity contribution >= 4 is 30.0 Å². The van der Waals surface area contributed by atoms with E-state index in [0.717, 1.165) is 0 Å². The van der Waals surface area contributed by atoms with Gasteiger partial charge in [0.25, 0.3) is 0 Å². The van der Waals surface area contributed by atoms with Gasteiger partial charge in [0, 0.05) is 17.3 Å². The van der Waals surface area contributed by atoms with Gasteiger partial charge in [0.1, 0.15) is 0 Å². The van der Waals surface area contributed by atoms with E-state index in [2.05, 4.69) is 10.5 Å². The second-order valence-corrected chi connectivity index (χ2v) is 3.50. The third-order valence-corrected chi connectivity index (χ3v) is 2.18. The summed E-state index contributed by atoms with van der Waals surface area (Å²) in [5.74, 6) is -0.933. The van der Waals surface area contributed by atoms with Crippen LogP contribution in [0.25, 0.3) is 11.3 Å². The van der Waals surface area contributed by atoms with Crippen LogP contribution in [-0.4, -0.2) is 22.2 Å². The lowest BCUT2D eigenvalue weighted by Gasteiger charge is -2.03. The number of nitrogens with two attached hydrogens (primary N) is 1. The molecule has 1 heterocycles. The third kappa shape index (κ3) is 3.46. The fraction of sp³-hybridized carbons (Fsp3) is 0. The summed E-state index contributed by atoms with van der Waals surface area (Å²) >= 11 is 0. The van der Waals surface area contributed by atoms with Crippen molar-refractivity contribution in [2.24, 2.45) is 5.73 Å². The summed E-state index contributed by atoms with van der Waals surface area (Å²) < 4.78 is 4.91. The first-order valence-electron chi connectivity index (χ1n) is 4.98. The van der Waals surface area contributed by atoms with E-state index in [4.69, 9.17) is 20.8 Å². The first-order valence-corrected chi connectivity index (χ1v) is 4.98. The zero-order valence-corrected chi connectivity index (χ0v) is 10.4. The van der Waals surface area contributed by atoms with Crippen molar-refractivity contribution < 1.29 is 14.4 Å². The summed E-state index contributed by atoms with van der Waals surface area (Å²) in [5.41, 5.74) is 6.39. The third-order valence-electron chi connectivity index (χ3n) is 2.18. The normalized spacial score (nSPS) is 9.47. The molecule has 7 nitrogen and oxygen atoms in total. The smallest absolute Gasteiger partial charge is 0.358 e. The Morgan fingerprint density at radius 2 is 2.00 bits per heavy atom. The van der Waals surface area contributed by atoms with Gasteiger partial charge in [0.15, 0.2) is 17.4 Å². The number of anilines is 1. The molecule has 0 unspecified atom stereocenters. The standard InChI is InChI=1S/C11H10N4O3.ClH/c12-11(13)14-7-3-1-6(2-4-7)9-5-8(10(16)17)15-18-9;/h1-5H,(H,16,17)(H4,12,13,14);1H. The van der Waals surface area contributed by atoms with Crippen LogP contribution in [0.5, 0.6) is 0 Å². The van der Waals surface area contributed by atoms with Crippen LogP contribution in [0.15, 0.2) is 34.9 Å². The predicted octanol–water partition coefficient (Wildman–Crippen LogP) is 1.77. The van der Waals surface area contributed by atoms with E-state index in [1.807, 2.05) is 0 Å². The van der Waals surface area contributed by atoms with E-state index in [0.29, 0.717) is 17.0 Å². The predicted molar refractivity (Wildman–Crippen MR) is 71.7 cm³/mol. The quantitative estimate of drug-likeness (QED) is 0.502. The number of aromatic nitrogens is 1. The van der Waals surface area contributed by atoms with Crippen molar-refractivity contribution in [1.29, 1.82) is 5.41 Å². The summed E-state index contributed by atoms with van der Waals surface area (Å²) in [6.45, 7) is 0. The summed E-state index contributed by atoms with van der Waals surface area (Å²) in [6, 6.07) is 8.14. The van der Waals surface area contributed by atoms with E-state index in [1.54, 1.807) is 24.3 Å². The molecule has 2 aromatic rings. The Bertz CT molecular complexity index is 594. The molecule has 0 aliphatic heterocycles. The first-order chi connectivity index (χ1) is 8.56. The second kappa shape index (κ2) is 5.87. The Morgan fingerprint density at radius 1 is 1.37 bits per heavy atom. The number of rotatable bonds is 3. The fourth-order valence-corrected chi connectivity index (χ4v) is 1.39. The number of nitrogens with one attached hydrogen (secondary N) is 2. The van der Waals surface area contributed by atoms with Crippen molar-refractivity contribution in [3.8, 4) is 11.3 Å². The van der Waals surface area contributed by atoms with Gasteiger partial charge >= 0.3 is 5.97 Å². The van der Waals surface area contributed by atoms with Crippen LogP contribution in [0.3, 0.4) is 0 Å². The topological polar surface area (TPSA) is 125 Å². The van der Waals surface area contributed by atoms with Crippen LogP contribution >= 0.6 is 12.4 Å². The van der Waals surface area contributed by atoms with Crippen molar-refractivity contribution in [2.75, 3.05) is 5.32 Å².